The summed E-state index contributed by atoms with van der Waals surface area (Å²) in [6.45, 7) is 3.09. The van der Waals surface area contributed by atoms with Crippen LogP contribution in [-0.4, -0.2) is 65.7 Å². The van der Waals surface area contributed by atoms with Crippen LogP contribution in [0.2, 0.25) is 0 Å². The summed E-state index contributed by atoms with van der Waals surface area (Å²) in [6, 6.07) is 41.5. The minimum Gasteiger partial charge on any atom is -0.397 e. The number of aliphatic hydroxyl groups excluding tert-OH is 1. The number of nitrogens with one attached hydrogen (secondary N) is 3. The molecule has 3 unspecified atom stereocenters. The Bertz CT molecular complexity index is 2300. The van der Waals surface area contributed by atoms with Gasteiger partial charge in [0.15, 0.2) is 6.29 Å². The number of piperidine rings is 1. The van der Waals surface area contributed by atoms with Gasteiger partial charge in [-0.15, -0.1) is 0 Å². The molecule has 3 atom stereocenters. The van der Waals surface area contributed by atoms with Crippen molar-refractivity contribution in [3.05, 3.63) is 150 Å². The molecule has 3 fully saturated rings. The topological polar surface area (TPSA) is 158 Å². The van der Waals surface area contributed by atoms with E-state index >= 15 is 0 Å². The van der Waals surface area contributed by atoms with E-state index in [0.29, 0.717) is 44.0 Å². The summed E-state index contributed by atoms with van der Waals surface area (Å²) in [7, 11) is 0. The lowest BCUT2D eigenvalue weighted by Gasteiger charge is -2.45. The van der Waals surface area contributed by atoms with Crippen molar-refractivity contribution in [2.24, 2.45) is 0 Å². The normalized spacial score (nSPS) is 20.0. The Morgan fingerprint density at radius 3 is 2.28 bits per heavy atom. The molecule has 3 saturated heterocycles. The third-order valence-corrected chi connectivity index (χ3v) is 12.1. The molecule has 0 saturated carbocycles. The zero-order valence-electron chi connectivity index (χ0n) is 34.3. The van der Waals surface area contributed by atoms with E-state index in [-0.39, 0.29) is 49.4 Å². The van der Waals surface area contributed by atoms with Crippen LogP contribution in [0, 0.1) is 0 Å². The molecule has 3 heterocycles. The van der Waals surface area contributed by atoms with E-state index in [1.54, 1.807) is 18.2 Å². The fraction of sp³-hybridized carbons (Fsp3) is 0.327. The number of hydrogen-bond donors (Lipinski definition) is 5. The summed E-state index contributed by atoms with van der Waals surface area (Å²) in [6.07, 6.45) is 1.99. The molecule has 5 aromatic carbocycles. The summed E-state index contributed by atoms with van der Waals surface area (Å²) in [4.78, 5) is 43.1. The van der Waals surface area contributed by atoms with Gasteiger partial charge in [-0.2, -0.15) is 0 Å². The van der Waals surface area contributed by atoms with Crippen molar-refractivity contribution in [1.29, 1.82) is 0 Å². The first-order valence-electron chi connectivity index (χ1n) is 21.2. The smallest absolute Gasteiger partial charge is 0.247 e. The van der Waals surface area contributed by atoms with Gasteiger partial charge in [-0.25, -0.2) is 0 Å². The molecular weight excluding hydrogens is 769 g/mol. The fourth-order valence-corrected chi connectivity index (χ4v) is 8.71. The third kappa shape index (κ3) is 9.95. The second-order valence-electron chi connectivity index (χ2n) is 16.2. The van der Waals surface area contributed by atoms with Crippen LogP contribution in [0.15, 0.2) is 127 Å². The molecule has 8 rings (SSSR count). The summed E-state index contributed by atoms with van der Waals surface area (Å²) in [5, 5.41) is 18.6. The zero-order chi connectivity index (χ0) is 42.2. The van der Waals surface area contributed by atoms with Crippen molar-refractivity contribution in [3.8, 4) is 11.1 Å². The Balaban J connectivity index is 0.906. The van der Waals surface area contributed by atoms with Crippen LogP contribution in [0.1, 0.15) is 73.2 Å². The predicted octanol–water partition coefficient (Wildman–Crippen LogP) is 6.83. The number of carbonyl (C=O) groups is 3. The number of likely N-dealkylation sites (tertiary alicyclic amines) is 1. The molecule has 1 spiro atoms. The van der Waals surface area contributed by atoms with Crippen molar-refractivity contribution in [2.75, 3.05) is 42.3 Å². The minimum absolute atomic E-state index is 0.0249. The molecule has 0 aromatic heterocycles. The molecular formula is C49H54N6O6. The largest absolute Gasteiger partial charge is 0.397 e. The van der Waals surface area contributed by atoms with E-state index in [4.69, 9.17) is 15.2 Å². The molecule has 3 amide bonds. The Morgan fingerprint density at radius 2 is 1.51 bits per heavy atom. The first-order chi connectivity index (χ1) is 29.8. The number of carbonyl (C=O) groups excluding carboxylic acids is 3. The van der Waals surface area contributed by atoms with Crippen LogP contribution in [0.3, 0.4) is 0 Å². The molecule has 316 valence electrons. The van der Waals surface area contributed by atoms with Gasteiger partial charge in [0, 0.05) is 56.7 Å². The maximum atomic E-state index is 13.3. The lowest BCUT2D eigenvalue weighted by atomic mass is 9.85. The van der Waals surface area contributed by atoms with E-state index in [1.807, 2.05) is 78.9 Å². The van der Waals surface area contributed by atoms with Crippen molar-refractivity contribution in [1.82, 2.24) is 15.5 Å². The Morgan fingerprint density at radius 1 is 0.787 bits per heavy atom. The second kappa shape index (κ2) is 19.1. The van der Waals surface area contributed by atoms with E-state index in [9.17, 15) is 19.5 Å². The number of aliphatic hydroxyl groups is 1. The first-order valence-corrected chi connectivity index (χ1v) is 21.2. The number of para-hydroxylation sites is 3. The van der Waals surface area contributed by atoms with E-state index in [1.165, 1.54) is 0 Å². The van der Waals surface area contributed by atoms with Gasteiger partial charge < -0.3 is 46.1 Å². The van der Waals surface area contributed by atoms with Crippen LogP contribution < -0.4 is 26.6 Å². The van der Waals surface area contributed by atoms with Crippen LogP contribution in [0.5, 0.6) is 0 Å². The number of amides is 3. The molecule has 0 radical (unpaired) electrons. The van der Waals surface area contributed by atoms with Crippen molar-refractivity contribution < 1.29 is 29.0 Å². The number of nitrogens with two attached hydrogens (primary N) is 1. The highest BCUT2D eigenvalue weighted by atomic mass is 16.7. The standard InChI is InChI=1S/C49H54N6O6/c50-42-15-4-5-16-43(42)53-46(58)18-8-17-45(57)51-30-35-9-6-10-37(27-35)38-11-7-12-39(28-38)47-60-41(29-44(61-47)36-21-19-34(32-56)20-22-36)31-54-25-23-49(24-26-54)48(59)52-33-55(49)40-13-2-1-3-14-40/h1-7,9-16,19-22,27-28,41,44,47,56H,8,17-18,23-26,29-33,50H2,(H,51,57)(H,52,59)(H,53,58). The Hall–Kier alpha value is -6.05. The molecule has 61 heavy (non-hydrogen) atoms. The zero-order valence-corrected chi connectivity index (χ0v) is 34.3. The number of rotatable bonds is 14. The van der Waals surface area contributed by atoms with Gasteiger partial charge >= 0.3 is 0 Å². The maximum absolute atomic E-state index is 13.3. The molecule has 6 N–H and O–H groups in total. The first kappa shape index (κ1) is 41.7. The van der Waals surface area contributed by atoms with Gasteiger partial charge in [0.05, 0.1) is 36.9 Å². The fourth-order valence-electron chi connectivity index (χ4n) is 8.71. The SMILES string of the molecule is Nc1ccccc1NC(=O)CCCC(=O)NCc1cccc(-c2cccc(C3OC(CN4CCC5(CC4)C(=O)NCN5c4ccccc4)CC(c4ccc(CO)cc4)O3)c2)c1. The van der Waals surface area contributed by atoms with Crippen molar-refractivity contribution >= 4 is 34.8 Å². The highest BCUT2D eigenvalue weighted by Gasteiger charge is 2.50. The minimum atomic E-state index is -0.624. The quantitative estimate of drug-likeness (QED) is 0.0758. The Labute approximate surface area is 357 Å². The van der Waals surface area contributed by atoms with Gasteiger partial charge in [0.2, 0.25) is 17.7 Å². The average Bonchev–Trinajstić information content (AvgIpc) is 3.61. The number of nitrogens with zero attached hydrogens (tertiary/aromatic N) is 2. The van der Waals surface area contributed by atoms with Gasteiger partial charge in [0.1, 0.15) is 5.54 Å². The monoisotopic (exact) mass is 822 g/mol. The molecule has 0 bridgehead atoms. The Kier molecular flexibility index (Phi) is 13.1. The molecule has 3 aliphatic rings. The number of anilines is 3. The third-order valence-electron chi connectivity index (χ3n) is 12.1. The lowest BCUT2D eigenvalue weighted by molar-refractivity contribution is -0.253. The highest BCUT2D eigenvalue weighted by molar-refractivity contribution is 5.94. The van der Waals surface area contributed by atoms with Crippen LogP contribution in [0.4, 0.5) is 17.1 Å². The highest BCUT2D eigenvalue weighted by Crippen LogP contribution is 2.41. The molecule has 12 heteroatoms. The number of hydrogen-bond acceptors (Lipinski definition) is 9. The van der Waals surface area contributed by atoms with E-state index in [2.05, 4.69) is 56.1 Å². The number of benzene rings is 5. The van der Waals surface area contributed by atoms with Gasteiger partial charge in [0.25, 0.3) is 0 Å². The van der Waals surface area contributed by atoms with Gasteiger partial charge in [-0.05, 0) is 83.5 Å². The van der Waals surface area contributed by atoms with Gasteiger partial charge in [-0.1, -0.05) is 91.0 Å². The average molecular weight is 823 g/mol. The maximum Gasteiger partial charge on any atom is 0.247 e. The predicted molar refractivity (Wildman–Crippen MR) is 236 cm³/mol. The summed E-state index contributed by atoms with van der Waals surface area (Å²) in [5.41, 5.74) is 13.2. The van der Waals surface area contributed by atoms with Gasteiger partial charge in [-0.3, -0.25) is 14.4 Å². The summed E-state index contributed by atoms with van der Waals surface area (Å²) in [5.74, 6) is -0.202. The van der Waals surface area contributed by atoms with Crippen LogP contribution in [0.25, 0.3) is 11.1 Å². The molecule has 12 nitrogen and oxygen atoms in total. The van der Waals surface area contributed by atoms with E-state index < -0.39 is 11.8 Å². The van der Waals surface area contributed by atoms with E-state index in [0.717, 1.165) is 65.0 Å². The van der Waals surface area contributed by atoms with Crippen LogP contribution in [-0.2, 0) is 37.0 Å². The summed E-state index contributed by atoms with van der Waals surface area (Å²) < 4.78 is 13.5. The number of nitrogen functional groups attached to an aromatic ring is 1. The lowest BCUT2D eigenvalue weighted by Crippen LogP contribution is -2.57. The number of ether oxygens (including phenoxy) is 2. The molecule has 5 aromatic rings. The van der Waals surface area contributed by atoms with Crippen molar-refractivity contribution in [3.63, 3.8) is 0 Å². The summed E-state index contributed by atoms with van der Waals surface area (Å²) >= 11 is 0. The van der Waals surface area contributed by atoms with Crippen LogP contribution >= 0.6 is 0 Å². The second-order valence-corrected chi connectivity index (χ2v) is 16.2. The van der Waals surface area contributed by atoms with Crippen molar-refractivity contribution in [2.45, 2.75) is 75.7 Å². The molecule has 3 aliphatic heterocycles. The molecule has 0 aliphatic carbocycles.